The van der Waals surface area contributed by atoms with Crippen molar-refractivity contribution in [2.45, 2.75) is 44.6 Å². The summed E-state index contributed by atoms with van der Waals surface area (Å²) in [6.07, 6.45) is 11.3. The van der Waals surface area contributed by atoms with Crippen molar-refractivity contribution >= 4 is 17.2 Å². The standard InChI is InChI=1S/C20H22N4OS/c21-19-17(25-13-14-6-8-22-9-7-14)10-16(11-23-19)18-12-24-20(26-18)15-4-2-1-3-5-15/h6-12,15H,1-5,13H2,(H2,21,23)/i1D. The van der Waals surface area contributed by atoms with Crippen molar-refractivity contribution in [1.29, 1.82) is 0 Å². The highest BCUT2D eigenvalue weighted by Gasteiger charge is 2.19. The molecule has 1 saturated carbocycles. The van der Waals surface area contributed by atoms with Gasteiger partial charge in [0.1, 0.15) is 6.61 Å². The summed E-state index contributed by atoms with van der Waals surface area (Å²) in [4.78, 5) is 14.0. The zero-order valence-corrected chi connectivity index (χ0v) is 15.3. The van der Waals surface area contributed by atoms with Gasteiger partial charge in [-0.3, -0.25) is 4.98 Å². The molecule has 0 amide bonds. The second kappa shape index (κ2) is 7.83. The fourth-order valence-corrected chi connectivity index (χ4v) is 4.20. The number of anilines is 1. The first-order valence-electron chi connectivity index (χ1n) is 9.42. The Kier molecular flexibility index (Phi) is 4.74. The number of ether oxygens (including phenoxy) is 1. The minimum Gasteiger partial charge on any atom is -0.485 e. The van der Waals surface area contributed by atoms with Gasteiger partial charge in [0.05, 0.1) is 9.88 Å². The molecule has 1 aliphatic carbocycles. The van der Waals surface area contributed by atoms with Crippen LogP contribution in [0.1, 0.15) is 49.9 Å². The molecule has 1 fully saturated rings. The first kappa shape index (κ1) is 15.8. The number of rotatable bonds is 5. The van der Waals surface area contributed by atoms with E-state index >= 15 is 0 Å². The summed E-state index contributed by atoms with van der Waals surface area (Å²) in [6, 6.07) is 5.75. The molecule has 0 radical (unpaired) electrons. The van der Waals surface area contributed by atoms with Gasteiger partial charge in [-0.15, -0.1) is 11.3 Å². The predicted molar refractivity (Wildman–Crippen MR) is 104 cm³/mol. The second-order valence-electron chi connectivity index (χ2n) is 6.45. The molecule has 5 nitrogen and oxygen atoms in total. The lowest BCUT2D eigenvalue weighted by molar-refractivity contribution is 0.307. The van der Waals surface area contributed by atoms with E-state index in [-0.39, 0.29) is 6.40 Å². The summed E-state index contributed by atoms with van der Waals surface area (Å²) >= 11 is 1.71. The number of nitrogens with two attached hydrogens (primary N) is 1. The highest BCUT2D eigenvalue weighted by Crippen LogP contribution is 2.38. The van der Waals surface area contributed by atoms with Crippen LogP contribution < -0.4 is 10.5 Å². The Morgan fingerprint density at radius 1 is 1.19 bits per heavy atom. The lowest BCUT2D eigenvalue weighted by Gasteiger charge is -2.18. The molecule has 3 aromatic rings. The van der Waals surface area contributed by atoms with Gasteiger partial charge in [-0.05, 0) is 36.6 Å². The summed E-state index contributed by atoms with van der Waals surface area (Å²) in [6.45, 7) is 0.419. The molecule has 0 bridgehead atoms. The molecule has 3 heterocycles. The van der Waals surface area contributed by atoms with E-state index in [1.54, 1.807) is 29.9 Å². The largest absolute Gasteiger partial charge is 0.485 e. The van der Waals surface area contributed by atoms with E-state index in [0.717, 1.165) is 46.7 Å². The van der Waals surface area contributed by atoms with Crippen molar-refractivity contribution in [2.75, 3.05) is 5.73 Å². The second-order valence-corrected chi connectivity index (χ2v) is 7.52. The van der Waals surface area contributed by atoms with E-state index in [9.17, 15) is 0 Å². The minimum absolute atomic E-state index is 0.0992. The third kappa shape index (κ3) is 3.85. The number of aromatic nitrogens is 3. The van der Waals surface area contributed by atoms with Gasteiger partial charge in [0.25, 0.3) is 0 Å². The van der Waals surface area contributed by atoms with Gasteiger partial charge in [-0.1, -0.05) is 19.2 Å². The zero-order chi connectivity index (χ0) is 18.6. The number of nitrogens with zero attached hydrogens (tertiary/aromatic N) is 3. The fourth-order valence-electron chi connectivity index (χ4n) is 3.13. The van der Waals surface area contributed by atoms with Crippen molar-refractivity contribution < 1.29 is 6.11 Å². The maximum atomic E-state index is 7.86. The lowest BCUT2D eigenvalue weighted by atomic mass is 9.90. The molecule has 0 spiro atoms. The monoisotopic (exact) mass is 367 g/mol. The molecule has 3 aromatic heterocycles. The van der Waals surface area contributed by atoms with Crippen molar-refractivity contribution in [3.63, 3.8) is 0 Å². The molecule has 0 aliphatic heterocycles. The normalized spacial score (nSPS) is 20.5. The van der Waals surface area contributed by atoms with E-state index in [2.05, 4.69) is 15.0 Å². The van der Waals surface area contributed by atoms with Gasteiger partial charge in [0, 0.05) is 37.6 Å². The van der Waals surface area contributed by atoms with Crippen LogP contribution in [0.4, 0.5) is 5.82 Å². The third-order valence-corrected chi connectivity index (χ3v) is 5.83. The number of pyridine rings is 2. The Bertz CT molecular complexity index is 894. The van der Waals surface area contributed by atoms with E-state index in [1.807, 2.05) is 24.4 Å². The summed E-state index contributed by atoms with van der Waals surface area (Å²) in [7, 11) is 0. The van der Waals surface area contributed by atoms with Crippen LogP contribution in [0, 0.1) is 0 Å². The van der Waals surface area contributed by atoms with E-state index in [1.165, 1.54) is 0 Å². The van der Waals surface area contributed by atoms with Crippen molar-refractivity contribution in [2.24, 2.45) is 0 Å². The van der Waals surface area contributed by atoms with Gasteiger partial charge in [0.15, 0.2) is 11.6 Å². The molecule has 0 unspecified atom stereocenters. The fraction of sp³-hybridized carbons (Fsp3) is 0.350. The van der Waals surface area contributed by atoms with Gasteiger partial charge in [-0.25, -0.2) is 9.97 Å². The smallest absolute Gasteiger partial charge is 0.166 e. The van der Waals surface area contributed by atoms with Gasteiger partial charge in [0.2, 0.25) is 0 Å². The van der Waals surface area contributed by atoms with Crippen LogP contribution in [0.3, 0.4) is 0 Å². The van der Waals surface area contributed by atoms with Crippen LogP contribution in [0.5, 0.6) is 5.75 Å². The van der Waals surface area contributed by atoms with Crippen molar-refractivity contribution in [3.8, 4) is 16.2 Å². The number of nitrogen functional groups attached to an aromatic ring is 1. The quantitative estimate of drug-likeness (QED) is 0.700. The highest BCUT2D eigenvalue weighted by molar-refractivity contribution is 7.15. The molecular weight excluding hydrogens is 344 g/mol. The van der Waals surface area contributed by atoms with Crippen LogP contribution in [-0.4, -0.2) is 15.0 Å². The Balaban J connectivity index is 1.49. The average Bonchev–Trinajstić information content (AvgIpc) is 3.19. The highest BCUT2D eigenvalue weighted by atomic mass is 32.1. The molecule has 0 atom stereocenters. The van der Waals surface area contributed by atoms with E-state index < -0.39 is 0 Å². The maximum Gasteiger partial charge on any atom is 0.166 e. The summed E-state index contributed by atoms with van der Waals surface area (Å²) in [5.74, 6) is 1.44. The van der Waals surface area contributed by atoms with E-state index in [0.29, 0.717) is 24.1 Å². The van der Waals surface area contributed by atoms with Gasteiger partial charge in [-0.2, -0.15) is 0 Å². The SMILES string of the molecule is [2H]C1CCC(c2ncc(-c3cnc(N)c(OCc4ccncc4)c3)s2)CC1. The number of hydrogen-bond donors (Lipinski definition) is 1. The Labute approximate surface area is 158 Å². The van der Waals surface area contributed by atoms with Crippen molar-refractivity contribution in [3.05, 3.63) is 53.6 Å². The summed E-state index contributed by atoms with van der Waals surface area (Å²) in [5.41, 5.74) is 7.98. The molecule has 134 valence electrons. The van der Waals surface area contributed by atoms with Crippen LogP contribution >= 0.6 is 11.3 Å². The number of thiazole rings is 1. The van der Waals surface area contributed by atoms with Gasteiger partial charge < -0.3 is 10.5 Å². The molecule has 0 saturated heterocycles. The van der Waals surface area contributed by atoms with Crippen LogP contribution in [0.25, 0.3) is 10.4 Å². The topological polar surface area (TPSA) is 73.9 Å². The Hall–Kier alpha value is -2.47. The van der Waals surface area contributed by atoms with Crippen LogP contribution in [0.15, 0.2) is 43.0 Å². The maximum absolute atomic E-state index is 7.86. The molecule has 0 aromatic carbocycles. The first-order chi connectivity index (χ1) is 13.2. The summed E-state index contributed by atoms with van der Waals surface area (Å²) in [5, 5.41) is 1.16. The third-order valence-electron chi connectivity index (χ3n) is 4.62. The molecule has 26 heavy (non-hydrogen) atoms. The van der Waals surface area contributed by atoms with Crippen LogP contribution in [-0.2, 0) is 6.61 Å². The van der Waals surface area contributed by atoms with E-state index in [4.69, 9.17) is 11.8 Å². The Morgan fingerprint density at radius 2 is 2.00 bits per heavy atom. The van der Waals surface area contributed by atoms with Crippen LogP contribution in [0.2, 0.25) is 0 Å². The molecule has 2 N–H and O–H groups in total. The average molecular weight is 367 g/mol. The first-order valence-corrected chi connectivity index (χ1v) is 9.66. The minimum atomic E-state index is 0.0992. The summed E-state index contributed by atoms with van der Waals surface area (Å²) < 4.78 is 13.7. The molecular formula is C20H22N4OS. The predicted octanol–water partition coefficient (Wildman–Crippen LogP) is 4.81. The van der Waals surface area contributed by atoms with Gasteiger partial charge >= 0.3 is 0 Å². The Morgan fingerprint density at radius 3 is 2.81 bits per heavy atom. The lowest BCUT2D eigenvalue weighted by Crippen LogP contribution is -2.03. The molecule has 6 heteroatoms. The molecule has 4 rings (SSSR count). The number of hydrogen-bond acceptors (Lipinski definition) is 6. The van der Waals surface area contributed by atoms with Crippen molar-refractivity contribution in [1.82, 2.24) is 15.0 Å². The molecule has 1 aliphatic rings. The zero-order valence-electron chi connectivity index (χ0n) is 15.5.